The van der Waals surface area contributed by atoms with Gasteiger partial charge in [-0.25, -0.2) is 0 Å². The Morgan fingerprint density at radius 1 is 0.967 bits per heavy atom. The first-order chi connectivity index (χ1) is 14.2. The normalized spacial score (nSPS) is 57.4. The summed E-state index contributed by atoms with van der Waals surface area (Å²) < 4.78 is 6.79. The van der Waals surface area contributed by atoms with Crippen molar-refractivity contribution in [3.05, 3.63) is 4.91 Å². The summed E-state index contributed by atoms with van der Waals surface area (Å²) in [6, 6.07) is 0.0777. The zero-order valence-electron chi connectivity index (χ0n) is 20.3. The summed E-state index contributed by atoms with van der Waals surface area (Å²) in [5.41, 5.74) is 0.899. The van der Waals surface area contributed by atoms with Gasteiger partial charge in [0.2, 0.25) is 0 Å². The Hall–Kier alpha value is -0.440. The van der Waals surface area contributed by atoms with Crippen LogP contribution >= 0.6 is 0 Å². The molecule has 0 amide bonds. The molecule has 12 atom stereocenters. The summed E-state index contributed by atoms with van der Waals surface area (Å²) in [6.45, 7) is 14.9. The van der Waals surface area contributed by atoms with Gasteiger partial charge in [-0.15, -0.1) is 0 Å². The molecule has 0 aromatic rings. The largest absolute Gasteiger partial charge is 0.374 e. The van der Waals surface area contributed by atoms with E-state index in [0.717, 1.165) is 48.3 Å². The molecule has 0 bridgehead atoms. The van der Waals surface area contributed by atoms with Crippen molar-refractivity contribution < 1.29 is 4.74 Å². The van der Waals surface area contributed by atoms with Crippen molar-refractivity contribution in [2.45, 2.75) is 111 Å². The van der Waals surface area contributed by atoms with Crippen LogP contribution in [0.1, 0.15) is 92.9 Å². The van der Waals surface area contributed by atoms with Gasteiger partial charge in [0.05, 0.1) is 18.2 Å². The zero-order chi connectivity index (χ0) is 21.4. The van der Waals surface area contributed by atoms with Gasteiger partial charge < -0.3 is 4.74 Å². The molecule has 0 radical (unpaired) electrons. The minimum Gasteiger partial charge on any atom is -0.374 e. The van der Waals surface area contributed by atoms with Crippen molar-refractivity contribution in [3.8, 4) is 0 Å². The number of nitrogens with zero attached hydrogens (tertiary/aromatic N) is 1. The van der Waals surface area contributed by atoms with E-state index in [4.69, 9.17) is 4.74 Å². The Labute approximate surface area is 184 Å². The molecule has 1 saturated heterocycles. The number of rotatable bonds is 3. The highest BCUT2D eigenvalue weighted by molar-refractivity contribution is 5.14. The van der Waals surface area contributed by atoms with E-state index >= 15 is 0 Å². The molecular formula is C27H45NO2. The van der Waals surface area contributed by atoms with Crippen LogP contribution in [0.3, 0.4) is 0 Å². The van der Waals surface area contributed by atoms with Crippen molar-refractivity contribution in [3.63, 3.8) is 0 Å². The standard InChI is InChI=1S/C27H45NO2/c1-15(2)11-23-17(4)25-24(30-23)14-22-19-12-16(3)21-13-18(28-29)7-9-26(21,5)20(19)8-10-27(22,25)6/h15-25H,7-14H2,1-6H3. The van der Waals surface area contributed by atoms with Gasteiger partial charge in [-0.2, -0.15) is 4.91 Å². The molecule has 1 heterocycles. The molecule has 3 heteroatoms. The first kappa shape index (κ1) is 21.4. The first-order valence-electron chi connectivity index (χ1n) is 13.2. The Kier molecular flexibility index (Phi) is 5.20. The van der Waals surface area contributed by atoms with E-state index in [-0.39, 0.29) is 6.04 Å². The molecule has 3 nitrogen and oxygen atoms in total. The van der Waals surface area contributed by atoms with E-state index in [1.54, 1.807) is 0 Å². The summed E-state index contributed by atoms with van der Waals surface area (Å²) in [6.07, 6.45) is 11.0. The highest BCUT2D eigenvalue weighted by atomic mass is 16.5. The molecule has 0 N–H and O–H groups in total. The van der Waals surface area contributed by atoms with Gasteiger partial charge in [0, 0.05) is 0 Å². The van der Waals surface area contributed by atoms with Crippen LogP contribution in [-0.2, 0) is 4.74 Å². The summed E-state index contributed by atoms with van der Waals surface area (Å²) in [5, 5.41) is 3.48. The van der Waals surface area contributed by atoms with E-state index in [1.807, 2.05) is 0 Å². The van der Waals surface area contributed by atoms with Crippen LogP contribution in [0.5, 0.6) is 0 Å². The number of fused-ring (bicyclic) bond motifs is 7. The van der Waals surface area contributed by atoms with Crippen molar-refractivity contribution in [1.29, 1.82) is 0 Å². The van der Waals surface area contributed by atoms with Crippen molar-refractivity contribution in [1.82, 2.24) is 0 Å². The first-order valence-corrected chi connectivity index (χ1v) is 13.2. The van der Waals surface area contributed by atoms with E-state index in [2.05, 4.69) is 46.7 Å². The SMILES string of the molecule is CC(C)CC1OC2CC3C4CC(C)C5CC(N=O)CCC5(C)C4CCC3(C)C2C1C. The monoisotopic (exact) mass is 415 g/mol. The lowest BCUT2D eigenvalue weighted by molar-refractivity contribution is -0.137. The second-order valence-electron chi connectivity index (χ2n) is 13.2. The average Bonchev–Trinajstić information content (AvgIpc) is 3.15. The maximum atomic E-state index is 11.3. The minimum atomic E-state index is 0.0777. The lowest BCUT2D eigenvalue weighted by atomic mass is 9.42. The number of hydrogen-bond donors (Lipinski definition) is 0. The van der Waals surface area contributed by atoms with E-state index in [9.17, 15) is 4.91 Å². The number of ether oxygens (including phenoxy) is 1. The molecule has 30 heavy (non-hydrogen) atoms. The van der Waals surface area contributed by atoms with Crippen molar-refractivity contribution in [2.24, 2.45) is 63.4 Å². The Bertz CT molecular complexity index is 678. The third kappa shape index (κ3) is 2.92. The van der Waals surface area contributed by atoms with Gasteiger partial charge in [-0.05, 0) is 110 Å². The second-order valence-corrected chi connectivity index (χ2v) is 13.2. The maximum absolute atomic E-state index is 11.3. The summed E-state index contributed by atoms with van der Waals surface area (Å²) in [5.74, 6) is 6.20. The van der Waals surface area contributed by atoms with Gasteiger partial charge in [0.1, 0.15) is 0 Å². The summed E-state index contributed by atoms with van der Waals surface area (Å²) >= 11 is 0. The Morgan fingerprint density at radius 2 is 1.70 bits per heavy atom. The van der Waals surface area contributed by atoms with Crippen LogP contribution < -0.4 is 0 Å². The topological polar surface area (TPSA) is 38.7 Å². The van der Waals surface area contributed by atoms with E-state index in [0.29, 0.717) is 34.9 Å². The lowest BCUT2D eigenvalue weighted by Gasteiger charge is -2.62. The van der Waals surface area contributed by atoms with Crippen LogP contribution in [0.4, 0.5) is 0 Å². The van der Waals surface area contributed by atoms with Crippen LogP contribution in [0.25, 0.3) is 0 Å². The molecule has 1 aliphatic heterocycles. The van der Waals surface area contributed by atoms with E-state index < -0.39 is 0 Å². The fraction of sp³-hybridized carbons (Fsp3) is 1.00. The van der Waals surface area contributed by atoms with Crippen molar-refractivity contribution >= 4 is 0 Å². The molecule has 0 aromatic heterocycles. The third-order valence-corrected chi connectivity index (χ3v) is 11.4. The third-order valence-electron chi connectivity index (χ3n) is 11.4. The molecule has 0 aromatic carbocycles. The van der Waals surface area contributed by atoms with Gasteiger partial charge in [-0.3, -0.25) is 0 Å². The van der Waals surface area contributed by atoms with Gasteiger partial charge in [0.15, 0.2) is 0 Å². The van der Waals surface area contributed by atoms with Crippen LogP contribution in [-0.4, -0.2) is 18.2 Å². The molecular weight excluding hydrogens is 370 g/mol. The Morgan fingerprint density at radius 3 is 2.40 bits per heavy atom. The molecule has 170 valence electrons. The van der Waals surface area contributed by atoms with Crippen LogP contribution in [0.2, 0.25) is 0 Å². The predicted octanol–water partition coefficient (Wildman–Crippen LogP) is 7.09. The van der Waals surface area contributed by atoms with E-state index in [1.165, 1.54) is 38.5 Å². The Balaban J connectivity index is 1.40. The molecule has 5 fully saturated rings. The highest BCUT2D eigenvalue weighted by Gasteiger charge is 2.66. The molecule has 4 saturated carbocycles. The summed E-state index contributed by atoms with van der Waals surface area (Å²) in [4.78, 5) is 11.3. The fourth-order valence-electron chi connectivity index (χ4n) is 10.2. The minimum absolute atomic E-state index is 0.0777. The molecule has 12 unspecified atom stereocenters. The van der Waals surface area contributed by atoms with Crippen molar-refractivity contribution in [2.75, 3.05) is 0 Å². The maximum Gasteiger partial charge on any atom is 0.0922 e. The van der Waals surface area contributed by atoms with Crippen LogP contribution in [0.15, 0.2) is 5.18 Å². The molecule has 0 spiro atoms. The highest BCUT2D eigenvalue weighted by Crippen LogP contribution is 2.70. The lowest BCUT2D eigenvalue weighted by Crippen LogP contribution is -2.56. The molecule has 5 rings (SSSR count). The van der Waals surface area contributed by atoms with Crippen LogP contribution in [0, 0.1) is 63.1 Å². The summed E-state index contributed by atoms with van der Waals surface area (Å²) in [7, 11) is 0. The zero-order valence-corrected chi connectivity index (χ0v) is 20.3. The van der Waals surface area contributed by atoms with Gasteiger partial charge in [0.25, 0.3) is 0 Å². The number of hydrogen-bond acceptors (Lipinski definition) is 3. The van der Waals surface area contributed by atoms with Gasteiger partial charge in [-0.1, -0.05) is 46.7 Å². The molecule has 4 aliphatic carbocycles. The number of nitroso groups, excluding NO2 is 1. The quantitative estimate of drug-likeness (QED) is 0.462. The second kappa shape index (κ2) is 7.29. The predicted molar refractivity (Wildman–Crippen MR) is 122 cm³/mol. The average molecular weight is 416 g/mol. The smallest absolute Gasteiger partial charge is 0.0922 e. The fourth-order valence-corrected chi connectivity index (χ4v) is 10.2. The molecule has 5 aliphatic rings. The van der Waals surface area contributed by atoms with Gasteiger partial charge >= 0.3 is 0 Å².